The number of anilines is 1. The zero-order valence-electron chi connectivity index (χ0n) is 13.8. The van der Waals surface area contributed by atoms with Crippen LogP contribution in [0.25, 0.3) is 0 Å². The summed E-state index contributed by atoms with van der Waals surface area (Å²) in [5.74, 6) is 0.173. The highest BCUT2D eigenvalue weighted by Gasteiger charge is 2.26. The molecule has 0 radical (unpaired) electrons. The maximum atomic E-state index is 12.9. The van der Waals surface area contributed by atoms with Crippen molar-refractivity contribution in [2.24, 2.45) is 5.41 Å². The molecule has 1 amide bonds. The Labute approximate surface area is 128 Å². The molecule has 3 heteroatoms. The van der Waals surface area contributed by atoms with Gasteiger partial charge in [-0.15, -0.1) is 0 Å². The normalized spacial score (nSPS) is 18.2. The molecule has 2 rings (SSSR count). The molecule has 0 bridgehead atoms. The zero-order chi connectivity index (χ0) is 15.5. The number of amides is 1. The second-order valence-electron chi connectivity index (χ2n) is 6.89. The number of carbonyl (C=O) groups is 1. The summed E-state index contributed by atoms with van der Waals surface area (Å²) in [6.45, 7) is 11.3. The fourth-order valence-corrected chi connectivity index (χ4v) is 2.98. The molecule has 1 aromatic carbocycles. The largest absolute Gasteiger partial charge is 0.385 e. The number of hydrogen-bond donors (Lipinski definition) is 1. The van der Waals surface area contributed by atoms with Crippen LogP contribution in [-0.2, 0) is 0 Å². The first-order chi connectivity index (χ1) is 9.93. The molecule has 1 saturated heterocycles. The van der Waals surface area contributed by atoms with Crippen molar-refractivity contribution in [3.8, 4) is 0 Å². The quantitative estimate of drug-likeness (QED) is 0.909. The summed E-state index contributed by atoms with van der Waals surface area (Å²) in [6, 6.07) is 6.09. The zero-order valence-corrected chi connectivity index (χ0v) is 13.8. The first-order valence-electron chi connectivity index (χ1n) is 8.07. The number of nitrogens with zero attached hydrogens (tertiary/aromatic N) is 1. The molecule has 0 unspecified atom stereocenters. The summed E-state index contributed by atoms with van der Waals surface area (Å²) in [5.41, 5.74) is 3.26. The lowest BCUT2D eigenvalue weighted by atomic mass is 9.85. The van der Waals surface area contributed by atoms with Crippen LogP contribution in [0, 0.1) is 12.3 Å². The Kier molecular flexibility index (Phi) is 4.92. The molecule has 116 valence electrons. The molecule has 1 aliphatic heterocycles. The van der Waals surface area contributed by atoms with E-state index in [0.717, 1.165) is 49.3 Å². The minimum absolute atomic E-state index is 0.173. The molecule has 0 aromatic heterocycles. The minimum Gasteiger partial charge on any atom is -0.385 e. The third-order valence-electron chi connectivity index (χ3n) is 4.40. The van der Waals surface area contributed by atoms with Gasteiger partial charge in [-0.2, -0.15) is 0 Å². The Hall–Kier alpha value is -1.51. The summed E-state index contributed by atoms with van der Waals surface area (Å²) >= 11 is 0. The Morgan fingerprint density at radius 2 is 2.05 bits per heavy atom. The smallest absolute Gasteiger partial charge is 0.255 e. The standard InChI is InChI=1S/C18H28N2O/c1-5-19-16-8-7-14(2)13-15(16)17(21)20-11-6-9-18(3,4)10-12-20/h7-8,13,19H,5-6,9-12H2,1-4H3. The predicted molar refractivity (Wildman–Crippen MR) is 88.9 cm³/mol. The van der Waals surface area contributed by atoms with Crippen molar-refractivity contribution in [2.45, 2.75) is 47.0 Å². The highest BCUT2D eigenvalue weighted by Crippen LogP contribution is 2.31. The molecule has 1 N–H and O–H groups in total. The van der Waals surface area contributed by atoms with Gasteiger partial charge in [-0.3, -0.25) is 4.79 Å². The number of hydrogen-bond acceptors (Lipinski definition) is 2. The number of likely N-dealkylation sites (tertiary alicyclic amines) is 1. The lowest BCUT2D eigenvalue weighted by Crippen LogP contribution is -2.33. The number of benzene rings is 1. The van der Waals surface area contributed by atoms with Crippen molar-refractivity contribution in [3.05, 3.63) is 29.3 Å². The van der Waals surface area contributed by atoms with E-state index < -0.39 is 0 Å². The fraction of sp³-hybridized carbons (Fsp3) is 0.611. The van der Waals surface area contributed by atoms with Gasteiger partial charge in [-0.1, -0.05) is 25.5 Å². The van der Waals surface area contributed by atoms with Crippen LogP contribution in [0.4, 0.5) is 5.69 Å². The highest BCUT2D eigenvalue weighted by molar-refractivity contribution is 5.99. The Morgan fingerprint density at radius 1 is 1.29 bits per heavy atom. The molecule has 1 aliphatic rings. The van der Waals surface area contributed by atoms with Crippen LogP contribution in [0.1, 0.15) is 56.0 Å². The van der Waals surface area contributed by atoms with Crippen molar-refractivity contribution in [3.63, 3.8) is 0 Å². The van der Waals surface area contributed by atoms with Gasteiger partial charge < -0.3 is 10.2 Å². The SMILES string of the molecule is CCNc1ccc(C)cc1C(=O)N1CCCC(C)(C)CC1. The Morgan fingerprint density at radius 3 is 2.76 bits per heavy atom. The summed E-state index contributed by atoms with van der Waals surface area (Å²) in [5, 5.41) is 3.31. The Balaban J connectivity index is 2.21. The molecule has 0 atom stereocenters. The maximum absolute atomic E-state index is 12.9. The van der Waals surface area contributed by atoms with Gasteiger partial charge in [0.2, 0.25) is 0 Å². The number of aryl methyl sites for hydroxylation is 1. The van der Waals surface area contributed by atoms with Crippen LogP contribution < -0.4 is 5.32 Å². The van der Waals surface area contributed by atoms with Crippen molar-refractivity contribution in [2.75, 3.05) is 25.0 Å². The van der Waals surface area contributed by atoms with Crippen molar-refractivity contribution < 1.29 is 4.79 Å². The van der Waals surface area contributed by atoms with Gasteiger partial charge in [0.05, 0.1) is 5.56 Å². The van der Waals surface area contributed by atoms with E-state index in [1.807, 2.05) is 24.0 Å². The first kappa shape index (κ1) is 15.9. The molecule has 0 saturated carbocycles. The Bertz CT molecular complexity index is 508. The van der Waals surface area contributed by atoms with E-state index in [0.29, 0.717) is 5.41 Å². The van der Waals surface area contributed by atoms with Crippen LogP contribution in [0.15, 0.2) is 18.2 Å². The fourth-order valence-electron chi connectivity index (χ4n) is 2.98. The molecule has 21 heavy (non-hydrogen) atoms. The second kappa shape index (κ2) is 6.50. The minimum atomic E-state index is 0.173. The first-order valence-corrected chi connectivity index (χ1v) is 8.07. The van der Waals surface area contributed by atoms with E-state index in [9.17, 15) is 4.79 Å². The highest BCUT2D eigenvalue weighted by atomic mass is 16.2. The van der Waals surface area contributed by atoms with Crippen LogP contribution in [-0.4, -0.2) is 30.4 Å². The monoisotopic (exact) mass is 288 g/mol. The van der Waals surface area contributed by atoms with E-state index in [4.69, 9.17) is 0 Å². The average Bonchev–Trinajstić information content (AvgIpc) is 2.61. The van der Waals surface area contributed by atoms with Crippen LogP contribution in [0.3, 0.4) is 0 Å². The molecular weight excluding hydrogens is 260 g/mol. The molecule has 0 aliphatic carbocycles. The maximum Gasteiger partial charge on any atom is 0.255 e. The van der Waals surface area contributed by atoms with Gasteiger partial charge in [-0.25, -0.2) is 0 Å². The molecular formula is C18H28N2O. The summed E-state index contributed by atoms with van der Waals surface area (Å²) < 4.78 is 0. The van der Waals surface area contributed by atoms with Crippen molar-refractivity contribution in [1.82, 2.24) is 4.90 Å². The molecule has 1 fully saturated rings. The van der Waals surface area contributed by atoms with Crippen molar-refractivity contribution in [1.29, 1.82) is 0 Å². The summed E-state index contributed by atoms with van der Waals surface area (Å²) in [6.07, 6.45) is 3.38. The molecule has 1 heterocycles. The lowest BCUT2D eigenvalue weighted by molar-refractivity contribution is 0.0758. The third-order valence-corrected chi connectivity index (χ3v) is 4.40. The van der Waals surface area contributed by atoms with Crippen molar-refractivity contribution >= 4 is 11.6 Å². The lowest BCUT2D eigenvalue weighted by Gasteiger charge is -2.24. The van der Waals surface area contributed by atoms with Crippen LogP contribution in [0.5, 0.6) is 0 Å². The van der Waals surface area contributed by atoms with Crippen LogP contribution in [0.2, 0.25) is 0 Å². The van der Waals surface area contributed by atoms with Gasteiger partial charge in [0.15, 0.2) is 0 Å². The van der Waals surface area contributed by atoms with Gasteiger partial charge >= 0.3 is 0 Å². The molecule has 0 spiro atoms. The van der Waals surface area contributed by atoms with Crippen LogP contribution >= 0.6 is 0 Å². The topological polar surface area (TPSA) is 32.3 Å². The van der Waals surface area contributed by atoms with E-state index in [1.54, 1.807) is 0 Å². The summed E-state index contributed by atoms with van der Waals surface area (Å²) in [7, 11) is 0. The number of rotatable bonds is 3. The van der Waals surface area contributed by atoms with Gasteiger partial charge in [0.1, 0.15) is 0 Å². The number of carbonyl (C=O) groups excluding carboxylic acids is 1. The van der Waals surface area contributed by atoms with E-state index in [1.165, 1.54) is 6.42 Å². The third kappa shape index (κ3) is 3.99. The molecule has 3 nitrogen and oxygen atoms in total. The summed E-state index contributed by atoms with van der Waals surface area (Å²) in [4.78, 5) is 14.9. The average molecular weight is 288 g/mol. The van der Waals surface area contributed by atoms with E-state index >= 15 is 0 Å². The molecule has 1 aromatic rings. The van der Waals surface area contributed by atoms with E-state index in [2.05, 4.69) is 32.2 Å². The second-order valence-corrected chi connectivity index (χ2v) is 6.89. The number of nitrogens with one attached hydrogen (secondary N) is 1. The van der Waals surface area contributed by atoms with Gasteiger partial charge in [-0.05, 0) is 50.7 Å². The van der Waals surface area contributed by atoms with Gasteiger partial charge in [0, 0.05) is 25.3 Å². The van der Waals surface area contributed by atoms with E-state index in [-0.39, 0.29) is 5.91 Å². The van der Waals surface area contributed by atoms with Gasteiger partial charge in [0.25, 0.3) is 5.91 Å². The predicted octanol–water partition coefficient (Wildman–Crippen LogP) is 4.08.